The van der Waals surface area contributed by atoms with Gasteiger partial charge in [-0.25, -0.2) is 0 Å². The average Bonchev–Trinajstić information content (AvgIpc) is 2.58. The van der Waals surface area contributed by atoms with E-state index in [4.69, 9.17) is 15.8 Å². The first-order valence-corrected chi connectivity index (χ1v) is 3.46. The van der Waals surface area contributed by atoms with Gasteiger partial charge in [-0.15, -0.1) is 4.91 Å². The standard InChI is InChI=1S/C6H9N3O2.2ClH.HNO2.2H3N.Pt/c7-5(6(10)11)1-4-2-8-3-9-4;;;2-1-3;;;/h2-3,5H,1,7H2,(H2,8,9,10,11);2*1H;(H,2,3);2*1H3;/q;;;;;;+4/p-4. The summed E-state index contributed by atoms with van der Waals surface area (Å²) in [6, 6.07) is -0.994. The fraction of sp³-hybridized carbons (Fsp3) is 0.333. The molecule has 1 heterocycles. The molecule has 0 aliphatic heterocycles. The van der Waals surface area contributed by atoms with Crippen molar-refractivity contribution < 1.29 is 61.0 Å². The molecule has 10 nitrogen and oxygen atoms in total. The van der Waals surface area contributed by atoms with Gasteiger partial charge in [-0.2, -0.15) is 0 Å². The molecule has 0 fully saturated rings. The topological polar surface area (TPSA) is 213 Å². The number of carboxylic acid groups (broad SMARTS) is 1. The smallest absolute Gasteiger partial charge is 1.00 e. The number of imidazole rings is 1. The third kappa shape index (κ3) is 19.7. The second-order valence-corrected chi connectivity index (χ2v) is 2.23. The van der Waals surface area contributed by atoms with Crippen LogP contribution in [0, 0.1) is 4.91 Å². The Morgan fingerprint density at radius 2 is 1.95 bits per heavy atom. The molecule has 0 saturated heterocycles. The summed E-state index contributed by atoms with van der Waals surface area (Å²) in [5, 5.41) is 18.0. The summed E-state index contributed by atoms with van der Waals surface area (Å²) in [6.45, 7) is 0. The van der Waals surface area contributed by atoms with Crippen molar-refractivity contribution in [2.24, 2.45) is 11.1 Å². The van der Waals surface area contributed by atoms with E-state index < -0.39 is 12.0 Å². The third-order valence-corrected chi connectivity index (χ3v) is 1.25. The van der Waals surface area contributed by atoms with Crippen LogP contribution in [0.15, 0.2) is 17.9 Å². The molecular formula is C6H14Cl2N6O4Pt. The number of rotatable bonds is 3. The maximum atomic E-state index is 10.1. The van der Waals surface area contributed by atoms with E-state index in [0.717, 1.165) is 0 Å². The SMILES string of the molecule is N.N.NC(Cc1c[n-]cn1)C(=O)[O-].O=NO.[Cl-].[Cl-].[Pt+4]. The van der Waals surface area contributed by atoms with Crippen molar-refractivity contribution in [2.75, 3.05) is 0 Å². The van der Waals surface area contributed by atoms with Gasteiger partial charge in [0.2, 0.25) is 0 Å². The molecule has 1 atom stereocenters. The van der Waals surface area contributed by atoms with Crippen LogP contribution < -0.4 is 52.9 Å². The summed E-state index contributed by atoms with van der Waals surface area (Å²) in [7, 11) is 0. The van der Waals surface area contributed by atoms with Crippen LogP contribution in [0.4, 0.5) is 0 Å². The Bertz CT molecular complexity index is 291. The summed E-state index contributed by atoms with van der Waals surface area (Å²) in [4.78, 5) is 25.7. The predicted molar refractivity (Wildman–Crippen MR) is 51.9 cm³/mol. The zero-order chi connectivity index (χ0) is 11.0. The Kier molecular flexibility index (Phi) is 42.7. The molecule has 1 unspecified atom stereocenters. The second kappa shape index (κ2) is 22.4. The molecule has 9 N–H and O–H groups in total. The first-order chi connectivity index (χ1) is 6.61. The zero-order valence-corrected chi connectivity index (χ0v) is 13.3. The average molecular weight is 500 g/mol. The van der Waals surface area contributed by atoms with E-state index in [1.807, 2.05) is 0 Å². The molecule has 116 valence electrons. The van der Waals surface area contributed by atoms with Crippen molar-refractivity contribution in [2.45, 2.75) is 12.5 Å². The molecule has 0 aliphatic carbocycles. The van der Waals surface area contributed by atoms with E-state index in [9.17, 15) is 9.90 Å². The van der Waals surface area contributed by atoms with Gasteiger partial charge in [-0.1, -0.05) is 18.2 Å². The first-order valence-electron chi connectivity index (χ1n) is 3.46. The molecule has 0 amide bonds. The van der Waals surface area contributed by atoms with Gasteiger partial charge < -0.3 is 67.9 Å². The Balaban J connectivity index is -0.0000000487. The van der Waals surface area contributed by atoms with Crippen LogP contribution in [-0.4, -0.2) is 22.2 Å². The van der Waals surface area contributed by atoms with Crippen molar-refractivity contribution in [3.8, 4) is 0 Å². The number of hydrogen-bond acceptors (Lipinski definition) is 8. The van der Waals surface area contributed by atoms with E-state index in [1.165, 1.54) is 17.9 Å². The molecule has 1 aromatic heterocycles. The number of carboxylic acids is 1. The summed E-state index contributed by atoms with van der Waals surface area (Å²) in [6.07, 6.45) is 2.99. The molecule has 0 aromatic carbocycles. The minimum atomic E-state index is -1.27. The van der Waals surface area contributed by atoms with Gasteiger partial charge in [0.05, 0.1) is 5.97 Å². The monoisotopic (exact) mass is 499 g/mol. The van der Waals surface area contributed by atoms with Crippen LogP contribution in [0.1, 0.15) is 5.69 Å². The number of nitrogens with two attached hydrogens (primary N) is 1. The molecular weight excluding hydrogens is 486 g/mol. The first kappa shape index (κ1) is 36.2. The fourth-order valence-electron chi connectivity index (χ4n) is 0.674. The zero-order valence-electron chi connectivity index (χ0n) is 9.52. The van der Waals surface area contributed by atoms with Crippen LogP contribution in [-0.2, 0) is 32.3 Å². The van der Waals surface area contributed by atoms with Gasteiger partial charge in [-0.3, -0.25) is 0 Å². The van der Waals surface area contributed by atoms with Gasteiger partial charge in [0.15, 0.2) is 5.34 Å². The molecule has 1 aromatic rings. The fourth-order valence-corrected chi connectivity index (χ4v) is 0.674. The van der Waals surface area contributed by atoms with E-state index >= 15 is 0 Å². The molecule has 0 spiro atoms. The Hall–Kier alpha value is -0.772. The second-order valence-electron chi connectivity index (χ2n) is 2.23. The van der Waals surface area contributed by atoms with Gasteiger partial charge in [0, 0.05) is 6.04 Å². The summed E-state index contributed by atoms with van der Waals surface area (Å²) in [5.41, 5.74) is 5.75. The minimum absolute atomic E-state index is 0. The Morgan fingerprint density at radius 3 is 2.21 bits per heavy atom. The number of carbonyl (C=O) groups excluding carboxylic acids is 1. The van der Waals surface area contributed by atoms with E-state index in [1.54, 1.807) is 0 Å². The normalized spacial score (nSPS) is 8.05. The van der Waals surface area contributed by atoms with Crippen molar-refractivity contribution in [1.29, 1.82) is 0 Å². The van der Waals surface area contributed by atoms with Crippen LogP contribution in [0.2, 0.25) is 0 Å². The maximum absolute atomic E-state index is 10.1. The minimum Gasteiger partial charge on any atom is -1.00 e. The molecule has 19 heavy (non-hydrogen) atoms. The van der Waals surface area contributed by atoms with E-state index in [2.05, 4.69) is 9.97 Å². The van der Waals surface area contributed by atoms with Crippen LogP contribution in [0.5, 0.6) is 0 Å². The van der Waals surface area contributed by atoms with Gasteiger partial charge in [0.25, 0.3) is 0 Å². The molecule has 13 heteroatoms. The number of aromatic nitrogens is 2. The van der Waals surface area contributed by atoms with Crippen LogP contribution >= 0.6 is 0 Å². The summed E-state index contributed by atoms with van der Waals surface area (Å²) >= 11 is 0. The molecule has 0 bridgehead atoms. The molecule has 1 rings (SSSR count). The van der Waals surface area contributed by atoms with E-state index in [-0.39, 0.29) is 64.6 Å². The Morgan fingerprint density at radius 1 is 1.53 bits per heavy atom. The van der Waals surface area contributed by atoms with Gasteiger partial charge >= 0.3 is 21.1 Å². The largest absolute Gasteiger partial charge is 4.00 e. The van der Waals surface area contributed by atoms with Crippen molar-refractivity contribution in [3.63, 3.8) is 0 Å². The molecule has 0 saturated carbocycles. The predicted octanol–water partition coefficient (Wildman–Crippen LogP) is -7.87. The van der Waals surface area contributed by atoms with E-state index in [0.29, 0.717) is 5.69 Å². The van der Waals surface area contributed by atoms with Crippen molar-refractivity contribution >= 4 is 5.97 Å². The summed E-state index contributed by atoms with van der Waals surface area (Å²) < 4.78 is 0. The van der Waals surface area contributed by atoms with Crippen molar-refractivity contribution in [1.82, 2.24) is 22.3 Å². The maximum Gasteiger partial charge on any atom is 4.00 e. The number of hydrogen-bond donors (Lipinski definition) is 4. The number of aliphatic carboxylic acids is 1. The van der Waals surface area contributed by atoms with Crippen LogP contribution in [0.3, 0.4) is 0 Å². The van der Waals surface area contributed by atoms with Crippen LogP contribution in [0.25, 0.3) is 0 Å². The summed E-state index contributed by atoms with van der Waals surface area (Å²) in [5.74, 6) is -1.27. The molecule has 0 aliphatic rings. The van der Waals surface area contributed by atoms with Gasteiger partial charge in [-0.05, 0) is 6.42 Å². The van der Waals surface area contributed by atoms with Gasteiger partial charge in [0.1, 0.15) is 0 Å². The van der Waals surface area contributed by atoms with Crippen molar-refractivity contribution in [3.05, 3.63) is 23.1 Å². The number of carbonyl (C=O) groups is 1. The number of nitrogens with zero attached hydrogens (tertiary/aromatic N) is 3. The number of halogens is 2. The third-order valence-electron chi connectivity index (χ3n) is 1.25. The quantitative estimate of drug-likeness (QED) is 0.229. The Labute approximate surface area is 136 Å². The molecule has 0 radical (unpaired) electrons.